The Morgan fingerprint density at radius 1 is 1.21 bits per heavy atom. The molecule has 2 aromatic carbocycles. The quantitative estimate of drug-likeness (QED) is 0.382. The summed E-state index contributed by atoms with van der Waals surface area (Å²) in [4.78, 5) is 4.29. The van der Waals surface area contributed by atoms with Gasteiger partial charge >= 0.3 is 0 Å². The smallest absolute Gasteiger partial charge is 0.132 e. The Bertz CT molecular complexity index is 987. The van der Waals surface area contributed by atoms with Crippen LogP contribution in [-0.4, -0.2) is 16.4 Å². The molecule has 1 aromatic heterocycles. The second kappa shape index (κ2) is 6.67. The summed E-state index contributed by atoms with van der Waals surface area (Å²) < 4.78 is 14.9. The molecule has 0 spiro atoms. The summed E-state index contributed by atoms with van der Waals surface area (Å²) in [7, 11) is 0. The van der Waals surface area contributed by atoms with Gasteiger partial charge in [-0.25, -0.2) is 4.39 Å². The molecule has 0 amide bonds. The molecule has 0 saturated carbocycles. The van der Waals surface area contributed by atoms with Crippen molar-refractivity contribution in [3.05, 3.63) is 75.1 Å². The van der Waals surface area contributed by atoms with Gasteiger partial charge in [0.2, 0.25) is 0 Å². The number of hydrazone groups is 1. The Morgan fingerprint density at radius 3 is 2.75 bits per heavy atom. The minimum Gasteiger partial charge on any atom is -0.323 e. The van der Waals surface area contributed by atoms with Gasteiger partial charge in [-0.1, -0.05) is 17.7 Å². The molecule has 0 fully saturated rings. The lowest BCUT2D eigenvalue weighted by Crippen LogP contribution is -2.19. The number of pyridine rings is 1. The number of hydrogen-bond donors (Lipinski definition) is 2. The molecule has 0 aliphatic heterocycles. The topological polar surface area (TPSA) is 75.1 Å². The molecular formula is C17H11BrClFN4. The maximum atomic E-state index is 14.0. The van der Waals surface area contributed by atoms with Crippen molar-refractivity contribution in [2.24, 2.45) is 10.9 Å². The van der Waals surface area contributed by atoms with Crippen LogP contribution in [0.4, 0.5) is 4.39 Å². The highest BCUT2D eigenvalue weighted by Crippen LogP contribution is 2.21. The first-order valence-electron chi connectivity index (χ1n) is 6.87. The van der Waals surface area contributed by atoms with E-state index in [1.54, 1.807) is 24.4 Å². The molecule has 3 aromatic rings. The lowest BCUT2D eigenvalue weighted by Gasteiger charge is -2.10. The molecule has 0 bridgehead atoms. The van der Waals surface area contributed by atoms with Crippen LogP contribution in [0, 0.1) is 11.2 Å². The molecule has 0 aliphatic rings. The van der Waals surface area contributed by atoms with Crippen molar-refractivity contribution in [3.8, 4) is 0 Å². The molecule has 0 aliphatic carbocycles. The number of fused-ring (bicyclic) bond motifs is 1. The van der Waals surface area contributed by atoms with Gasteiger partial charge < -0.3 is 5.84 Å². The fraction of sp³-hybridized carbons (Fsp3) is 0. The van der Waals surface area contributed by atoms with Gasteiger partial charge in [-0.15, -0.1) is 0 Å². The fourth-order valence-corrected chi connectivity index (χ4v) is 2.87. The summed E-state index contributed by atoms with van der Waals surface area (Å²) in [6, 6.07) is 11.2. The van der Waals surface area contributed by atoms with Crippen molar-refractivity contribution < 1.29 is 4.39 Å². The number of rotatable bonds is 3. The Morgan fingerprint density at radius 2 is 2.00 bits per heavy atom. The summed E-state index contributed by atoms with van der Waals surface area (Å²) in [5.41, 5.74) is 1.45. The average Bonchev–Trinajstić information content (AvgIpc) is 2.57. The van der Waals surface area contributed by atoms with E-state index in [9.17, 15) is 4.39 Å². The van der Waals surface area contributed by atoms with E-state index in [0.29, 0.717) is 10.6 Å². The van der Waals surface area contributed by atoms with E-state index in [-0.39, 0.29) is 17.0 Å². The van der Waals surface area contributed by atoms with E-state index in [0.717, 1.165) is 15.4 Å². The first kappa shape index (κ1) is 16.5. The zero-order chi connectivity index (χ0) is 17.3. The van der Waals surface area contributed by atoms with Crippen molar-refractivity contribution in [1.82, 2.24) is 4.98 Å². The zero-order valence-corrected chi connectivity index (χ0v) is 14.6. The Kier molecular flexibility index (Phi) is 4.59. The highest BCUT2D eigenvalue weighted by Gasteiger charge is 2.17. The maximum Gasteiger partial charge on any atom is 0.132 e. The minimum absolute atomic E-state index is 0.0409. The van der Waals surface area contributed by atoms with Gasteiger partial charge in [0, 0.05) is 32.2 Å². The van der Waals surface area contributed by atoms with Gasteiger partial charge in [-0.3, -0.25) is 10.4 Å². The van der Waals surface area contributed by atoms with E-state index in [1.807, 2.05) is 6.07 Å². The normalized spacial score (nSPS) is 11.7. The van der Waals surface area contributed by atoms with E-state index in [1.165, 1.54) is 18.2 Å². The molecule has 0 saturated heterocycles. The molecule has 0 atom stereocenters. The van der Waals surface area contributed by atoms with Crippen molar-refractivity contribution >= 4 is 49.9 Å². The molecular weight excluding hydrogens is 395 g/mol. The van der Waals surface area contributed by atoms with Crippen molar-refractivity contribution in [3.63, 3.8) is 0 Å². The number of hydrogen-bond acceptors (Lipinski definition) is 4. The number of benzene rings is 2. The molecule has 3 N–H and O–H groups in total. The highest BCUT2D eigenvalue weighted by molar-refractivity contribution is 9.10. The molecule has 7 heteroatoms. The van der Waals surface area contributed by atoms with Gasteiger partial charge in [-0.2, -0.15) is 5.10 Å². The third-order valence-corrected chi connectivity index (χ3v) is 4.15. The molecule has 0 unspecified atom stereocenters. The Balaban J connectivity index is 2.09. The Labute approximate surface area is 150 Å². The van der Waals surface area contributed by atoms with Crippen LogP contribution in [-0.2, 0) is 0 Å². The Hall–Kier alpha value is -2.31. The van der Waals surface area contributed by atoms with Crippen LogP contribution < -0.4 is 5.84 Å². The van der Waals surface area contributed by atoms with Crippen molar-refractivity contribution in [2.45, 2.75) is 0 Å². The van der Waals surface area contributed by atoms with Gasteiger partial charge in [0.15, 0.2) is 0 Å². The monoisotopic (exact) mass is 404 g/mol. The first-order valence-corrected chi connectivity index (χ1v) is 8.04. The number of nitrogens with zero attached hydrogens (tertiary/aromatic N) is 2. The molecule has 3 rings (SSSR count). The van der Waals surface area contributed by atoms with Crippen LogP contribution in [0.1, 0.15) is 11.1 Å². The zero-order valence-electron chi connectivity index (χ0n) is 12.2. The second-order valence-electron chi connectivity index (χ2n) is 5.04. The third-order valence-electron chi connectivity index (χ3n) is 3.48. The lowest BCUT2D eigenvalue weighted by molar-refractivity contribution is 0.625. The number of halogens is 3. The fourth-order valence-electron chi connectivity index (χ4n) is 2.35. The van der Waals surface area contributed by atoms with Crippen LogP contribution in [0.5, 0.6) is 0 Å². The van der Waals surface area contributed by atoms with Crippen LogP contribution in [0.3, 0.4) is 0 Å². The third kappa shape index (κ3) is 3.16. The average molecular weight is 406 g/mol. The highest BCUT2D eigenvalue weighted by atomic mass is 79.9. The summed E-state index contributed by atoms with van der Waals surface area (Å²) in [6.45, 7) is 0. The molecule has 1 heterocycles. The largest absolute Gasteiger partial charge is 0.323 e. The van der Waals surface area contributed by atoms with Crippen molar-refractivity contribution in [1.29, 1.82) is 5.41 Å². The number of aromatic nitrogens is 1. The van der Waals surface area contributed by atoms with E-state index in [2.05, 4.69) is 26.0 Å². The first-order chi connectivity index (χ1) is 11.5. The SMILES string of the molecule is N=C(C(=NN)c1ccc2ncc(Br)cc2c1)c1cc(Cl)ccc1F. The predicted molar refractivity (Wildman–Crippen MR) is 98.4 cm³/mol. The number of nitrogens with one attached hydrogen (secondary N) is 1. The van der Waals surface area contributed by atoms with Crippen LogP contribution in [0.25, 0.3) is 10.9 Å². The second-order valence-corrected chi connectivity index (χ2v) is 6.39. The molecule has 24 heavy (non-hydrogen) atoms. The van der Waals surface area contributed by atoms with Crippen LogP contribution >= 0.6 is 27.5 Å². The van der Waals surface area contributed by atoms with Gasteiger partial charge in [0.05, 0.1) is 11.2 Å². The van der Waals surface area contributed by atoms with Gasteiger partial charge in [0.25, 0.3) is 0 Å². The number of nitrogens with two attached hydrogens (primary N) is 1. The minimum atomic E-state index is -0.559. The summed E-state index contributed by atoms with van der Waals surface area (Å²) >= 11 is 9.27. The summed E-state index contributed by atoms with van der Waals surface area (Å²) in [5, 5.41) is 13.1. The van der Waals surface area contributed by atoms with Gasteiger partial charge in [-0.05, 0) is 52.3 Å². The van der Waals surface area contributed by atoms with Crippen molar-refractivity contribution in [2.75, 3.05) is 0 Å². The van der Waals surface area contributed by atoms with Crippen LogP contribution in [0.2, 0.25) is 5.02 Å². The lowest BCUT2D eigenvalue weighted by atomic mass is 9.98. The maximum absolute atomic E-state index is 14.0. The molecule has 0 radical (unpaired) electrons. The van der Waals surface area contributed by atoms with E-state index in [4.69, 9.17) is 22.9 Å². The summed E-state index contributed by atoms with van der Waals surface area (Å²) in [5.74, 6) is 4.91. The molecule has 120 valence electrons. The standard InChI is InChI=1S/C17H11BrClFN4/c18-11-6-10-5-9(1-4-15(10)23-8-11)17(24-22)16(21)13-7-12(19)2-3-14(13)20/h1-8,21H,22H2. The predicted octanol–water partition coefficient (Wildman–Crippen LogP) is 4.52. The van der Waals surface area contributed by atoms with Crippen LogP contribution in [0.15, 0.2) is 58.2 Å². The molecule has 4 nitrogen and oxygen atoms in total. The van der Waals surface area contributed by atoms with E-state index < -0.39 is 5.82 Å². The summed E-state index contributed by atoms with van der Waals surface area (Å²) in [6.07, 6.45) is 1.70. The van der Waals surface area contributed by atoms with E-state index >= 15 is 0 Å². The van der Waals surface area contributed by atoms with Gasteiger partial charge in [0.1, 0.15) is 11.5 Å².